The fourth-order valence-corrected chi connectivity index (χ4v) is 4.58. The van der Waals surface area contributed by atoms with Gasteiger partial charge in [-0.15, -0.1) is 11.3 Å². The van der Waals surface area contributed by atoms with Crippen LogP contribution in [0.1, 0.15) is 28.8 Å². The Morgan fingerprint density at radius 3 is 2.86 bits per heavy atom. The first-order chi connectivity index (χ1) is 10.6. The molecule has 0 bridgehead atoms. The van der Waals surface area contributed by atoms with Crippen molar-refractivity contribution in [2.45, 2.75) is 32.6 Å². The third-order valence-corrected chi connectivity index (χ3v) is 5.66. The Labute approximate surface area is 133 Å². The van der Waals surface area contributed by atoms with Crippen LogP contribution in [-0.2, 0) is 19.9 Å². The summed E-state index contributed by atoms with van der Waals surface area (Å²) in [4.78, 5) is 20.0. The van der Waals surface area contributed by atoms with Gasteiger partial charge in [-0.05, 0) is 44.2 Å². The minimum absolute atomic E-state index is 0.0981. The van der Waals surface area contributed by atoms with Crippen LogP contribution in [0.25, 0.3) is 21.6 Å². The van der Waals surface area contributed by atoms with Gasteiger partial charge in [0.25, 0.3) is 5.56 Å². The second-order valence-corrected chi connectivity index (χ2v) is 7.14. The van der Waals surface area contributed by atoms with Gasteiger partial charge in [0, 0.05) is 17.5 Å². The summed E-state index contributed by atoms with van der Waals surface area (Å²) < 4.78 is 1.71. The molecule has 1 aliphatic carbocycles. The molecular weight excluding hydrogens is 292 g/mol. The summed E-state index contributed by atoms with van der Waals surface area (Å²) in [5.74, 6) is 0.764. The van der Waals surface area contributed by atoms with Crippen molar-refractivity contribution in [2.24, 2.45) is 7.05 Å². The van der Waals surface area contributed by atoms with E-state index < -0.39 is 0 Å². The van der Waals surface area contributed by atoms with E-state index in [4.69, 9.17) is 4.98 Å². The molecule has 0 saturated heterocycles. The highest BCUT2D eigenvalue weighted by atomic mass is 32.1. The molecule has 1 aromatic carbocycles. The van der Waals surface area contributed by atoms with Crippen LogP contribution in [0.3, 0.4) is 0 Å². The van der Waals surface area contributed by atoms with Gasteiger partial charge < -0.3 is 0 Å². The summed E-state index contributed by atoms with van der Waals surface area (Å²) in [5, 5.41) is 0.860. The zero-order chi connectivity index (χ0) is 15.3. The molecule has 112 valence electrons. The second-order valence-electron chi connectivity index (χ2n) is 6.06. The van der Waals surface area contributed by atoms with Crippen molar-refractivity contribution in [3.63, 3.8) is 0 Å². The number of aryl methyl sites for hydroxylation is 3. The highest BCUT2D eigenvalue weighted by molar-refractivity contribution is 7.18. The van der Waals surface area contributed by atoms with Crippen molar-refractivity contribution >= 4 is 21.6 Å². The Hall–Kier alpha value is -1.94. The molecular formula is C18H18N2OS. The number of aromatic nitrogens is 2. The Kier molecular flexibility index (Phi) is 3.15. The van der Waals surface area contributed by atoms with E-state index in [2.05, 4.69) is 19.1 Å². The normalized spacial score (nSPS) is 14.3. The van der Waals surface area contributed by atoms with Crippen LogP contribution < -0.4 is 5.56 Å². The van der Waals surface area contributed by atoms with Gasteiger partial charge in [-0.2, -0.15) is 0 Å². The average Bonchev–Trinajstić information content (AvgIpc) is 2.89. The SMILES string of the molecule is Cc1cccc(-c2nc3sc4c(c3c(=O)n2C)CCCC4)c1. The Morgan fingerprint density at radius 1 is 1.23 bits per heavy atom. The fourth-order valence-electron chi connectivity index (χ4n) is 3.33. The van der Waals surface area contributed by atoms with Crippen molar-refractivity contribution in [3.8, 4) is 11.4 Å². The van der Waals surface area contributed by atoms with Gasteiger partial charge in [0.1, 0.15) is 10.7 Å². The molecule has 0 saturated carbocycles. The first-order valence-corrected chi connectivity index (χ1v) is 8.55. The first-order valence-electron chi connectivity index (χ1n) is 7.73. The Morgan fingerprint density at radius 2 is 2.05 bits per heavy atom. The van der Waals surface area contributed by atoms with Crippen LogP contribution in [0.5, 0.6) is 0 Å². The molecule has 0 atom stereocenters. The van der Waals surface area contributed by atoms with Crippen molar-refractivity contribution in [3.05, 3.63) is 50.6 Å². The smallest absolute Gasteiger partial charge is 0.262 e. The number of hydrogen-bond donors (Lipinski definition) is 0. The largest absolute Gasteiger partial charge is 0.295 e. The monoisotopic (exact) mass is 310 g/mol. The van der Waals surface area contributed by atoms with Crippen LogP contribution in [0, 0.1) is 6.92 Å². The van der Waals surface area contributed by atoms with E-state index in [1.807, 2.05) is 19.2 Å². The summed E-state index contributed by atoms with van der Waals surface area (Å²) in [7, 11) is 1.83. The molecule has 2 heterocycles. The molecule has 3 aromatic rings. The summed E-state index contributed by atoms with van der Waals surface area (Å²) >= 11 is 1.71. The fraction of sp³-hybridized carbons (Fsp3) is 0.333. The highest BCUT2D eigenvalue weighted by Crippen LogP contribution is 2.34. The van der Waals surface area contributed by atoms with Gasteiger partial charge in [-0.3, -0.25) is 9.36 Å². The maximum Gasteiger partial charge on any atom is 0.262 e. The molecule has 1 aliphatic rings. The summed E-state index contributed by atoms with van der Waals surface area (Å²) in [5.41, 5.74) is 3.54. The van der Waals surface area contributed by atoms with Crippen LogP contribution in [0.15, 0.2) is 29.1 Å². The zero-order valence-corrected chi connectivity index (χ0v) is 13.7. The molecule has 4 rings (SSSR count). The molecule has 2 aromatic heterocycles. The lowest BCUT2D eigenvalue weighted by atomic mass is 9.97. The van der Waals surface area contributed by atoms with Crippen LogP contribution in [0.2, 0.25) is 0 Å². The quantitative estimate of drug-likeness (QED) is 0.684. The third-order valence-electron chi connectivity index (χ3n) is 4.47. The number of rotatable bonds is 1. The molecule has 0 N–H and O–H groups in total. The van der Waals surface area contributed by atoms with Gasteiger partial charge in [0.2, 0.25) is 0 Å². The number of benzene rings is 1. The van der Waals surface area contributed by atoms with E-state index in [-0.39, 0.29) is 5.56 Å². The summed E-state index contributed by atoms with van der Waals surface area (Å²) in [6.07, 6.45) is 4.53. The van der Waals surface area contributed by atoms with Gasteiger partial charge in [0.15, 0.2) is 0 Å². The highest BCUT2D eigenvalue weighted by Gasteiger charge is 2.21. The van der Waals surface area contributed by atoms with Crippen LogP contribution >= 0.6 is 11.3 Å². The number of nitrogens with zero attached hydrogens (tertiary/aromatic N) is 2. The molecule has 0 unspecified atom stereocenters. The summed E-state index contributed by atoms with van der Waals surface area (Å²) in [6, 6.07) is 8.18. The number of fused-ring (bicyclic) bond motifs is 3. The Balaban J connectivity index is 2.02. The molecule has 0 amide bonds. The minimum Gasteiger partial charge on any atom is -0.295 e. The van der Waals surface area contributed by atoms with E-state index >= 15 is 0 Å². The maximum absolute atomic E-state index is 12.9. The first kappa shape index (κ1) is 13.7. The molecule has 0 fully saturated rings. The van der Waals surface area contributed by atoms with Crippen LogP contribution in [-0.4, -0.2) is 9.55 Å². The molecule has 0 spiro atoms. The summed E-state index contributed by atoms with van der Waals surface area (Å²) in [6.45, 7) is 2.06. The van der Waals surface area contributed by atoms with Crippen molar-refractivity contribution < 1.29 is 0 Å². The van der Waals surface area contributed by atoms with E-state index in [1.54, 1.807) is 15.9 Å². The zero-order valence-electron chi connectivity index (χ0n) is 12.8. The van der Waals surface area contributed by atoms with E-state index in [1.165, 1.54) is 28.8 Å². The number of thiophene rings is 1. The predicted octanol–water partition coefficient (Wildman–Crippen LogP) is 3.85. The third kappa shape index (κ3) is 2.02. The standard InChI is InChI=1S/C18H18N2OS/c1-11-6-5-7-12(10-11)16-19-17-15(18(21)20(16)2)13-8-3-4-9-14(13)22-17/h5-7,10H,3-4,8-9H2,1-2H3. The van der Waals surface area contributed by atoms with Crippen molar-refractivity contribution in [1.82, 2.24) is 9.55 Å². The van der Waals surface area contributed by atoms with Crippen molar-refractivity contribution in [1.29, 1.82) is 0 Å². The lowest BCUT2D eigenvalue weighted by Gasteiger charge is -2.11. The topological polar surface area (TPSA) is 34.9 Å². The molecule has 0 aliphatic heterocycles. The van der Waals surface area contributed by atoms with E-state index in [0.29, 0.717) is 0 Å². The Bertz CT molecular complexity index is 936. The van der Waals surface area contributed by atoms with Gasteiger partial charge in [0.05, 0.1) is 5.39 Å². The second kappa shape index (κ2) is 5.06. The van der Waals surface area contributed by atoms with Gasteiger partial charge in [-0.25, -0.2) is 4.98 Å². The predicted molar refractivity (Wildman–Crippen MR) is 91.7 cm³/mol. The van der Waals surface area contributed by atoms with E-state index in [9.17, 15) is 4.79 Å². The average molecular weight is 310 g/mol. The maximum atomic E-state index is 12.9. The van der Waals surface area contributed by atoms with Crippen molar-refractivity contribution in [2.75, 3.05) is 0 Å². The molecule has 3 nitrogen and oxygen atoms in total. The molecule has 22 heavy (non-hydrogen) atoms. The van der Waals surface area contributed by atoms with Gasteiger partial charge >= 0.3 is 0 Å². The molecule has 0 radical (unpaired) electrons. The number of hydrogen-bond acceptors (Lipinski definition) is 3. The lowest BCUT2D eigenvalue weighted by Crippen LogP contribution is -2.20. The lowest BCUT2D eigenvalue weighted by molar-refractivity contribution is 0.699. The minimum atomic E-state index is 0.0981. The molecule has 4 heteroatoms. The van der Waals surface area contributed by atoms with Gasteiger partial charge in [-0.1, -0.05) is 23.8 Å². The van der Waals surface area contributed by atoms with E-state index in [0.717, 1.165) is 34.4 Å². The van der Waals surface area contributed by atoms with Crippen LogP contribution in [0.4, 0.5) is 0 Å².